The molecule has 0 aliphatic heterocycles. The van der Waals surface area contributed by atoms with Crippen LogP contribution in [-0.4, -0.2) is 25.0 Å². The van der Waals surface area contributed by atoms with E-state index in [0.29, 0.717) is 34.6 Å². The van der Waals surface area contributed by atoms with Crippen molar-refractivity contribution in [3.8, 4) is 0 Å². The zero-order valence-corrected chi connectivity index (χ0v) is 16.1. The number of hydrogen-bond acceptors (Lipinski definition) is 2. The molecule has 2 rings (SSSR count). The summed E-state index contributed by atoms with van der Waals surface area (Å²) in [5, 5.41) is 8.97. The number of nitrogens with one attached hydrogen (secondary N) is 3. The molecule has 0 heterocycles. The van der Waals surface area contributed by atoms with Crippen LogP contribution in [0.25, 0.3) is 0 Å². The minimum absolute atomic E-state index is 0.282. The van der Waals surface area contributed by atoms with Crippen LogP contribution in [0.3, 0.4) is 0 Å². The fourth-order valence-electron chi connectivity index (χ4n) is 2.37. The van der Waals surface area contributed by atoms with Crippen LogP contribution in [0.15, 0.2) is 42.5 Å². The molecule has 0 saturated carbocycles. The normalized spacial score (nSPS) is 10.5. The lowest BCUT2D eigenvalue weighted by Gasteiger charge is -2.14. The monoisotopic (exact) mass is 393 g/mol. The Morgan fingerprint density at radius 1 is 0.962 bits per heavy atom. The fraction of sp³-hybridized carbons (Fsp3) is 0.263. The molecule has 0 fully saturated rings. The number of hydrogen-bond donors (Lipinski definition) is 3. The highest BCUT2D eigenvalue weighted by Crippen LogP contribution is 2.23. The van der Waals surface area contributed by atoms with Crippen molar-refractivity contribution in [2.75, 3.05) is 18.4 Å². The van der Waals surface area contributed by atoms with Gasteiger partial charge in [0.25, 0.3) is 5.91 Å². The number of carbonyl (C=O) groups excluding carboxylic acids is 2. The molecular weight excluding hydrogens is 373 g/mol. The number of halogens is 2. The zero-order valence-electron chi connectivity index (χ0n) is 14.6. The van der Waals surface area contributed by atoms with Crippen molar-refractivity contribution in [1.29, 1.82) is 0 Å². The Labute approximate surface area is 163 Å². The summed E-state index contributed by atoms with van der Waals surface area (Å²) in [6.07, 6.45) is 0. The van der Waals surface area contributed by atoms with Crippen molar-refractivity contribution in [2.45, 2.75) is 19.8 Å². The Morgan fingerprint density at radius 2 is 1.65 bits per heavy atom. The Morgan fingerprint density at radius 3 is 2.35 bits per heavy atom. The zero-order chi connectivity index (χ0) is 19.1. The van der Waals surface area contributed by atoms with Gasteiger partial charge in [-0.3, -0.25) is 4.79 Å². The van der Waals surface area contributed by atoms with Gasteiger partial charge in [-0.1, -0.05) is 55.2 Å². The molecule has 5 nitrogen and oxygen atoms in total. The van der Waals surface area contributed by atoms with E-state index in [2.05, 4.69) is 29.8 Å². The van der Waals surface area contributed by atoms with Gasteiger partial charge in [-0.25, -0.2) is 4.79 Å². The van der Waals surface area contributed by atoms with Gasteiger partial charge in [0.05, 0.1) is 10.0 Å². The number of carbonyl (C=O) groups is 2. The largest absolute Gasteiger partial charge is 0.350 e. The summed E-state index contributed by atoms with van der Waals surface area (Å²) >= 11 is 11.7. The lowest BCUT2D eigenvalue weighted by molar-refractivity contribution is 0.0954. The van der Waals surface area contributed by atoms with E-state index < -0.39 is 0 Å². The molecule has 0 bridgehead atoms. The Balaban J connectivity index is 1.78. The van der Waals surface area contributed by atoms with E-state index in [-0.39, 0.29) is 11.9 Å². The Bertz CT molecular complexity index is 794. The summed E-state index contributed by atoms with van der Waals surface area (Å²) in [6, 6.07) is 12.0. The van der Waals surface area contributed by atoms with Crippen LogP contribution in [0.2, 0.25) is 10.0 Å². The molecule has 26 heavy (non-hydrogen) atoms. The third-order valence-electron chi connectivity index (χ3n) is 3.71. The first-order valence-corrected chi connectivity index (χ1v) is 9.01. The molecule has 0 aliphatic carbocycles. The topological polar surface area (TPSA) is 70.2 Å². The molecule has 0 unspecified atom stereocenters. The van der Waals surface area contributed by atoms with Gasteiger partial charge in [-0.05, 0) is 35.7 Å². The van der Waals surface area contributed by atoms with Gasteiger partial charge in [-0.2, -0.15) is 0 Å². The third kappa shape index (κ3) is 5.64. The first-order valence-electron chi connectivity index (χ1n) is 8.25. The first kappa shape index (κ1) is 20.1. The third-order valence-corrected chi connectivity index (χ3v) is 4.45. The number of rotatable bonds is 6. The highest BCUT2D eigenvalue weighted by atomic mass is 35.5. The van der Waals surface area contributed by atoms with Crippen LogP contribution in [0, 0.1) is 0 Å². The van der Waals surface area contributed by atoms with Crippen molar-refractivity contribution >= 4 is 40.8 Å². The van der Waals surface area contributed by atoms with E-state index in [4.69, 9.17) is 23.2 Å². The molecule has 0 saturated heterocycles. The van der Waals surface area contributed by atoms with Crippen molar-refractivity contribution < 1.29 is 9.59 Å². The second-order valence-corrected chi connectivity index (χ2v) is 6.82. The minimum atomic E-state index is -0.318. The maximum atomic E-state index is 12.0. The summed E-state index contributed by atoms with van der Waals surface area (Å²) < 4.78 is 0. The Hall–Kier alpha value is -2.24. The van der Waals surface area contributed by atoms with Gasteiger partial charge in [0, 0.05) is 24.3 Å². The summed E-state index contributed by atoms with van der Waals surface area (Å²) in [6.45, 7) is 4.72. The molecule has 0 radical (unpaired) electrons. The minimum Gasteiger partial charge on any atom is -0.350 e. The number of benzene rings is 2. The van der Waals surface area contributed by atoms with Gasteiger partial charge in [0.2, 0.25) is 0 Å². The van der Waals surface area contributed by atoms with Gasteiger partial charge in [-0.15, -0.1) is 0 Å². The highest BCUT2D eigenvalue weighted by molar-refractivity contribution is 6.42. The number of amides is 3. The smallest absolute Gasteiger partial charge is 0.319 e. The van der Waals surface area contributed by atoms with Gasteiger partial charge >= 0.3 is 6.03 Å². The lowest BCUT2D eigenvalue weighted by atomic mass is 10.0. The van der Waals surface area contributed by atoms with Crippen LogP contribution >= 0.6 is 23.2 Å². The molecule has 0 atom stereocenters. The second-order valence-electron chi connectivity index (χ2n) is 6.01. The van der Waals surface area contributed by atoms with Crippen LogP contribution in [0.5, 0.6) is 0 Å². The van der Waals surface area contributed by atoms with Gasteiger partial charge in [0.15, 0.2) is 0 Å². The predicted octanol–water partition coefficient (Wildman–Crippen LogP) is 4.67. The van der Waals surface area contributed by atoms with Crippen LogP contribution in [0.4, 0.5) is 10.5 Å². The standard InChI is InChI=1S/C19H21Cl2N3O2/c1-12(2)14-5-3-4-6-17(14)24-19(26)23-10-9-22-18(25)13-7-8-15(20)16(21)11-13/h3-8,11-12H,9-10H2,1-2H3,(H,22,25)(H2,23,24,26). The summed E-state index contributed by atoms with van der Waals surface area (Å²) in [7, 11) is 0. The quantitative estimate of drug-likeness (QED) is 0.624. The predicted molar refractivity (Wildman–Crippen MR) is 106 cm³/mol. The molecular formula is C19H21Cl2N3O2. The summed E-state index contributed by atoms with van der Waals surface area (Å²) in [5.74, 6) is 0.0212. The molecule has 2 aromatic carbocycles. The second kappa shape index (κ2) is 9.46. The summed E-state index contributed by atoms with van der Waals surface area (Å²) in [5.41, 5.74) is 2.25. The average molecular weight is 394 g/mol. The maximum Gasteiger partial charge on any atom is 0.319 e. The van der Waals surface area contributed by atoms with Crippen molar-refractivity contribution in [3.63, 3.8) is 0 Å². The molecule has 3 N–H and O–H groups in total. The van der Waals surface area contributed by atoms with E-state index >= 15 is 0 Å². The number of para-hydroxylation sites is 1. The highest BCUT2D eigenvalue weighted by Gasteiger charge is 2.10. The maximum absolute atomic E-state index is 12.0. The van der Waals surface area contributed by atoms with Gasteiger partial charge < -0.3 is 16.0 Å². The average Bonchev–Trinajstić information content (AvgIpc) is 2.61. The first-order chi connectivity index (χ1) is 12.4. The van der Waals surface area contributed by atoms with Crippen LogP contribution < -0.4 is 16.0 Å². The van der Waals surface area contributed by atoms with Crippen molar-refractivity contribution in [3.05, 3.63) is 63.6 Å². The molecule has 138 valence electrons. The number of urea groups is 1. The van der Waals surface area contributed by atoms with Crippen molar-refractivity contribution in [2.24, 2.45) is 0 Å². The van der Waals surface area contributed by atoms with Crippen LogP contribution in [0.1, 0.15) is 35.7 Å². The van der Waals surface area contributed by atoms with Gasteiger partial charge in [0.1, 0.15) is 0 Å². The van der Waals surface area contributed by atoms with E-state index in [1.807, 2.05) is 24.3 Å². The fourth-order valence-corrected chi connectivity index (χ4v) is 2.67. The molecule has 7 heteroatoms. The summed E-state index contributed by atoms with van der Waals surface area (Å²) in [4.78, 5) is 24.0. The SMILES string of the molecule is CC(C)c1ccccc1NC(=O)NCCNC(=O)c1ccc(Cl)c(Cl)c1. The van der Waals surface area contributed by atoms with E-state index in [9.17, 15) is 9.59 Å². The van der Waals surface area contributed by atoms with Crippen LogP contribution in [-0.2, 0) is 0 Å². The van der Waals surface area contributed by atoms with E-state index in [1.54, 1.807) is 12.1 Å². The molecule has 3 amide bonds. The molecule has 0 spiro atoms. The molecule has 2 aromatic rings. The number of anilines is 1. The van der Waals surface area contributed by atoms with E-state index in [1.165, 1.54) is 6.07 Å². The molecule has 0 aliphatic rings. The molecule has 0 aromatic heterocycles. The van der Waals surface area contributed by atoms with E-state index in [0.717, 1.165) is 11.3 Å². The lowest BCUT2D eigenvalue weighted by Crippen LogP contribution is -2.37. The van der Waals surface area contributed by atoms with Crippen molar-refractivity contribution in [1.82, 2.24) is 10.6 Å². The Kier molecular flexibility index (Phi) is 7.30.